The minimum absolute atomic E-state index is 0.173. The highest BCUT2D eigenvalue weighted by Crippen LogP contribution is 2.17. The van der Waals surface area contributed by atoms with E-state index in [1.165, 1.54) is 0 Å². The van der Waals surface area contributed by atoms with Crippen LogP contribution in [0, 0.1) is 0 Å². The highest BCUT2D eigenvalue weighted by atomic mass is 16.6. The van der Waals surface area contributed by atoms with Crippen LogP contribution in [0.5, 0.6) is 0 Å². The summed E-state index contributed by atoms with van der Waals surface area (Å²) in [6.07, 6.45) is -1.53. The molecule has 3 atom stereocenters. The lowest BCUT2D eigenvalue weighted by Gasteiger charge is -2.30. The molecule has 0 spiro atoms. The van der Waals surface area contributed by atoms with E-state index in [-0.39, 0.29) is 6.61 Å². The molecule has 1 aromatic carbocycles. The van der Waals surface area contributed by atoms with E-state index in [4.69, 9.17) is 9.47 Å². The molecule has 1 aromatic rings. The van der Waals surface area contributed by atoms with Crippen molar-refractivity contribution >= 4 is 0 Å². The van der Waals surface area contributed by atoms with Crippen LogP contribution >= 0.6 is 0 Å². The summed E-state index contributed by atoms with van der Waals surface area (Å²) in [5, 5.41) is 18.9. The van der Waals surface area contributed by atoms with Crippen LogP contribution < -0.4 is 0 Å². The number of rotatable bonds is 3. The summed E-state index contributed by atoms with van der Waals surface area (Å²) >= 11 is 0. The Morgan fingerprint density at radius 1 is 1.25 bits per heavy atom. The molecule has 88 valence electrons. The summed E-state index contributed by atoms with van der Waals surface area (Å²) in [7, 11) is 0. The van der Waals surface area contributed by atoms with Crippen molar-refractivity contribution in [1.29, 1.82) is 0 Å². The molecule has 0 bridgehead atoms. The molecule has 1 heterocycles. The first kappa shape index (κ1) is 11.5. The van der Waals surface area contributed by atoms with Crippen molar-refractivity contribution in [3.8, 4) is 0 Å². The van der Waals surface area contributed by atoms with Crippen LogP contribution in [0.1, 0.15) is 12.0 Å². The molecule has 1 aliphatic rings. The van der Waals surface area contributed by atoms with Crippen molar-refractivity contribution in [3.63, 3.8) is 0 Å². The minimum Gasteiger partial charge on any atom is -0.391 e. The van der Waals surface area contributed by atoms with Gasteiger partial charge in [0.05, 0.1) is 19.3 Å². The molecule has 0 saturated carbocycles. The highest BCUT2D eigenvalue weighted by Gasteiger charge is 2.29. The molecule has 0 radical (unpaired) electrons. The Balaban J connectivity index is 1.85. The number of ether oxygens (including phenoxy) is 2. The van der Waals surface area contributed by atoms with E-state index in [0.29, 0.717) is 13.0 Å². The first-order valence-corrected chi connectivity index (χ1v) is 5.39. The second kappa shape index (κ2) is 5.41. The quantitative estimate of drug-likeness (QED) is 0.792. The maximum absolute atomic E-state index is 9.51. The number of hydrogen-bond donors (Lipinski definition) is 2. The van der Waals surface area contributed by atoms with Gasteiger partial charge in [-0.2, -0.15) is 0 Å². The van der Waals surface area contributed by atoms with Crippen molar-refractivity contribution in [1.82, 2.24) is 0 Å². The standard InChI is InChI=1S/C12H16O4/c13-10-6-11(12(14)16-8-10)15-7-9-4-2-1-3-5-9/h1-5,10-14H,6-8H2/t10-,11-,12+/m0/s1. The Kier molecular flexibility index (Phi) is 3.90. The van der Waals surface area contributed by atoms with Gasteiger partial charge in [-0.15, -0.1) is 0 Å². The van der Waals surface area contributed by atoms with Crippen LogP contribution in [0.2, 0.25) is 0 Å². The fraction of sp³-hybridized carbons (Fsp3) is 0.500. The summed E-state index contributed by atoms with van der Waals surface area (Å²) in [4.78, 5) is 0. The van der Waals surface area contributed by atoms with Crippen LogP contribution in [-0.2, 0) is 16.1 Å². The van der Waals surface area contributed by atoms with Crippen LogP contribution in [-0.4, -0.2) is 35.3 Å². The Bertz CT molecular complexity index is 314. The van der Waals surface area contributed by atoms with Gasteiger partial charge in [0.2, 0.25) is 0 Å². The molecule has 1 saturated heterocycles. The molecule has 0 unspecified atom stereocenters. The maximum Gasteiger partial charge on any atom is 0.181 e. The summed E-state index contributed by atoms with van der Waals surface area (Å²) in [6.45, 7) is 0.588. The highest BCUT2D eigenvalue weighted by molar-refractivity contribution is 5.13. The maximum atomic E-state index is 9.51. The van der Waals surface area contributed by atoms with E-state index in [0.717, 1.165) is 5.56 Å². The predicted octanol–water partition coefficient (Wildman–Crippen LogP) is 0.671. The normalized spacial score (nSPS) is 30.2. The van der Waals surface area contributed by atoms with Crippen molar-refractivity contribution in [2.45, 2.75) is 31.5 Å². The second-order valence-corrected chi connectivity index (χ2v) is 3.95. The summed E-state index contributed by atoms with van der Waals surface area (Å²) in [6, 6.07) is 9.70. The third kappa shape index (κ3) is 3.02. The second-order valence-electron chi connectivity index (χ2n) is 3.95. The third-order valence-corrected chi connectivity index (χ3v) is 2.59. The summed E-state index contributed by atoms with van der Waals surface area (Å²) in [5.74, 6) is 0. The van der Waals surface area contributed by atoms with Gasteiger partial charge in [-0.3, -0.25) is 0 Å². The zero-order chi connectivity index (χ0) is 11.4. The lowest BCUT2D eigenvalue weighted by molar-refractivity contribution is -0.228. The zero-order valence-electron chi connectivity index (χ0n) is 8.95. The lowest BCUT2D eigenvalue weighted by Crippen LogP contribution is -2.42. The number of hydrogen-bond acceptors (Lipinski definition) is 4. The Morgan fingerprint density at radius 3 is 2.75 bits per heavy atom. The van der Waals surface area contributed by atoms with Crippen molar-refractivity contribution in [2.24, 2.45) is 0 Å². The molecule has 0 aromatic heterocycles. The van der Waals surface area contributed by atoms with E-state index in [1.807, 2.05) is 30.3 Å². The smallest absolute Gasteiger partial charge is 0.181 e. The molecule has 0 amide bonds. The Hall–Kier alpha value is -0.940. The zero-order valence-corrected chi connectivity index (χ0v) is 8.95. The lowest BCUT2D eigenvalue weighted by atomic mass is 10.1. The third-order valence-electron chi connectivity index (χ3n) is 2.59. The molecule has 2 N–H and O–H groups in total. The average Bonchev–Trinajstić information content (AvgIpc) is 2.32. The van der Waals surface area contributed by atoms with Crippen molar-refractivity contribution < 1.29 is 19.7 Å². The first-order valence-electron chi connectivity index (χ1n) is 5.39. The Labute approximate surface area is 94.4 Å². The van der Waals surface area contributed by atoms with E-state index in [9.17, 15) is 10.2 Å². The monoisotopic (exact) mass is 224 g/mol. The predicted molar refractivity (Wildman–Crippen MR) is 57.6 cm³/mol. The molecule has 1 fully saturated rings. The van der Waals surface area contributed by atoms with E-state index < -0.39 is 18.5 Å². The summed E-state index contributed by atoms with van der Waals surface area (Å²) < 4.78 is 10.5. The van der Waals surface area contributed by atoms with Gasteiger partial charge in [0, 0.05) is 6.42 Å². The number of aliphatic hydroxyl groups excluding tert-OH is 2. The molecule has 4 heteroatoms. The van der Waals surface area contributed by atoms with E-state index >= 15 is 0 Å². The molecule has 2 rings (SSSR count). The Morgan fingerprint density at radius 2 is 2.00 bits per heavy atom. The largest absolute Gasteiger partial charge is 0.391 e. The van der Waals surface area contributed by atoms with E-state index in [2.05, 4.69) is 0 Å². The van der Waals surface area contributed by atoms with Gasteiger partial charge in [-0.1, -0.05) is 30.3 Å². The molecule has 4 nitrogen and oxygen atoms in total. The van der Waals surface area contributed by atoms with Gasteiger partial charge < -0.3 is 19.7 Å². The van der Waals surface area contributed by atoms with E-state index in [1.54, 1.807) is 0 Å². The molecular weight excluding hydrogens is 208 g/mol. The van der Waals surface area contributed by atoms with Gasteiger partial charge in [0.25, 0.3) is 0 Å². The average molecular weight is 224 g/mol. The fourth-order valence-corrected chi connectivity index (χ4v) is 1.70. The minimum atomic E-state index is -0.938. The van der Waals surface area contributed by atoms with Gasteiger partial charge in [0.15, 0.2) is 6.29 Å². The topological polar surface area (TPSA) is 58.9 Å². The van der Waals surface area contributed by atoms with Crippen LogP contribution in [0.4, 0.5) is 0 Å². The van der Waals surface area contributed by atoms with Gasteiger partial charge in [-0.25, -0.2) is 0 Å². The van der Waals surface area contributed by atoms with Crippen LogP contribution in [0.3, 0.4) is 0 Å². The first-order chi connectivity index (χ1) is 7.75. The number of benzene rings is 1. The SMILES string of the molecule is O[C@@H]1CO[C@@H](O)[C@@H](OCc2ccccc2)C1. The molecule has 16 heavy (non-hydrogen) atoms. The van der Waals surface area contributed by atoms with Gasteiger partial charge in [0.1, 0.15) is 6.10 Å². The van der Waals surface area contributed by atoms with Crippen molar-refractivity contribution in [2.75, 3.05) is 6.61 Å². The van der Waals surface area contributed by atoms with Gasteiger partial charge >= 0.3 is 0 Å². The van der Waals surface area contributed by atoms with Gasteiger partial charge in [-0.05, 0) is 5.56 Å². The molecule has 1 aliphatic heterocycles. The number of aliphatic hydroxyl groups is 2. The summed E-state index contributed by atoms with van der Waals surface area (Å²) in [5.41, 5.74) is 1.04. The fourth-order valence-electron chi connectivity index (χ4n) is 1.70. The van der Waals surface area contributed by atoms with Crippen LogP contribution in [0.25, 0.3) is 0 Å². The molecule has 0 aliphatic carbocycles. The van der Waals surface area contributed by atoms with Crippen LogP contribution in [0.15, 0.2) is 30.3 Å². The molecular formula is C12H16O4. The van der Waals surface area contributed by atoms with Crippen molar-refractivity contribution in [3.05, 3.63) is 35.9 Å².